The number of sulfonamides is 1. The van der Waals surface area contributed by atoms with Crippen LogP contribution in [-0.4, -0.2) is 20.9 Å². The lowest BCUT2D eigenvalue weighted by molar-refractivity contribution is 0.0944. The van der Waals surface area contributed by atoms with Crippen molar-refractivity contribution < 1.29 is 13.2 Å². The minimum Gasteiger partial charge on any atom is -0.352 e. The Bertz CT molecular complexity index is 607. The van der Waals surface area contributed by atoms with Crippen molar-refractivity contribution in [3.63, 3.8) is 0 Å². The standard InChI is InChI=1S/C13H20N2O3S2/c1-8-4-3-5-10(8)6-15-12(16)11-7-19-13(9(11)2)20(14,17)18/h7-8,10H,3-6H2,1-2H3,(H,15,16)(H2,14,17,18). The van der Waals surface area contributed by atoms with E-state index in [0.717, 1.165) is 17.8 Å². The smallest absolute Gasteiger partial charge is 0.252 e. The van der Waals surface area contributed by atoms with Gasteiger partial charge in [0, 0.05) is 11.9 Å². The van der Waals surface area contributed by atoms with Crippen molar-refractivity contribution in [1.82, 2.24) is 5.32 Å². The number of amides is 1. The second-order valence-corrected chi connectivity index (χ2v) is 8.12. The van der Waals surface area contributed by atoms with Crippen molar-refractivity contribution >= 4 is 27.3 Å². The highest BCUT2D eigenvalue weighted by atomic mass is 32.2. The van der Waals surface area contributed by atoms with Crippen LogP contribution in [0.2, 0.25) is 0 Å². The molecule has 0 aliphatic heterocycles. The summed E-state index contributed by atoms with van der Waals surface area (Å²) < 4.78 is 22.8. The van der Waals surface area contributed by atoms with Gasteiger partial charge in [-0.2, -0.15) is 0 Å². The minimum atomic E-state index is -3.75. The van der Waals surface area contributed by atoms with Crippen molar-refractivity contribution in [1.29, 1.82) is 0 Å². The van der Waals surface area contributed by atoms with Crippen molar-refractivity contribution in [2.75, 3.05) is 6.54 Å². The summed E-state index contributed by atoms with van der Waals surface area (Å²) in [6, 6.07) is 0. The molecule has 3 N–H and O–H groups in total. The Labute approximate surface area is 123 Å². The SMILES string of the molecule is Cc1c(C(=O)NCC2CCCC2C)csc1S(N)(=O)=O. The second-order valence-electron chi connectivity index (χ2n) is 5.49. The Balaban J connectivity index is 2.05. The molecule has 2 unspecified atom stereocenters. The number of thiophene rings is 1. The highest BCUT2D eigenvalue weighted by Crippen LogP contribution is 2.31. The van der Waals surface area contributed by atoms with Gasteiger partial charge in [-0.25, -0.2) is 13.6 Å². The van der Waals surface area contributed by atoms with Crippen molar-refractivity contribution in [3.8, 4) is 0 Å². The summed E-state index contributed by atoms with van der Waals surface area (Å²) in [6.07, 6.45) is 3.58. The molecule has 0 radical (unpaired) electrons. The molecule has 5 nitrogen and oxygen atoms in total. The summed E-state index contributed by atoms with van der Waals surface area (Å²) in [7, 11) is -3.75. The van der Waals surface area contributed by atoms with Crippen LogP contribution in [0.1, 0.15) is 42.1 Å². The van der Waals surface area contributed by atoms with E-state index in [2.05, 4.69) is 12.2 Å². The normalized spacial score (nSPS) is 22.9. The Kier molecular flexibility index (Phi) is 4.51. The average Bonchev–Trinajstić information content (AvgIpc) is 2.92. The molecule has 1 saturated carbocycles. The Morgan fingerprint density at radius 1 is 1.50 bits per heavy atom. The lowest BCUT2D eigenvalue weighted by atomic mass is 9.98. The van der Waals surface area contributed by atoms with Gasteiger partial charge in [0.25, 0.3) is 5.91 Å². The molecule has 1 amide bonds. The lowest BCUT2D eigenvalue weighted by Crippen LogP contribution is -2.30. The fraction of sp³-hybridized carbons (Fsp3) is 0.615. The van der Waals surface area contributed by atoms with Crippen LogP contribution in [0.3, 0.4) is 0 Å². The van der Waals surface area contributed by atoms with Crippen molar-refractivity contribution in [2.24, 2.45) is 17.0 Å². The van der Waals surface area contributed by atoms with Gasteiger partial charge in [-0.1, -0.05) is 19.8 Å². The predicted molar refractivity (Wildman–Crippen MR) is 79.3 cm³/mol. The molecule has 0 spiro atoms. The highest BCUT2D eigenvalue weighted by molar-refractivity contribution is 7.91. The number of hydrogen-bond donors (Lipinski definition) is 2. The lowest BCUT2D eigenvalue weighted by Gasteiger charge is -2.15. The zero-order valence-corrected chi connectivity index (χ0v) is 13.3. The number of hydrogen-bond acceptors (Lipinski definition) is 4. The van der Waals surface area contributed by atoms with E-state index in [1.807, 2.05) is 0 Å². The topological polar surface area (TPSA) is 89.3 Å². The van der Waals surface area contributed by atoms with E-state index in [-0.39, 0.29) is 10.1 Å². The fourth-order valence-corrected chi connectivity index (χ4v) is 4.76. The van der Waals surface area contributed by atoms with E-state index in [0.29, 0.717) is 29.5 Å². The molecule has 1 aromatic rings. The van der Waals surface area contributed by atoms with Crippen molar-refractivity contribution in [2.45, 2.75) is 37.3 Å². The monoisotopic (exact) mass is 316 g/mol. The van der Waals surface area contributed by atoms with Gasteiger partial charge in [-0.3, -0.25) is 4.79 Å². The summed E-state index contributed by atoms with van der Waals surface area (Å²) in [4.78, 5) is 12.1. The first-order valence-electron chi connectivity index (χ1n) is 6.69. The maximum absolute atomic E-state index is 12.1. The molecule has 0 aromatic carbocycles. The van der Waals surface area contributed by atoms with Crippen molar-refractivity contribution in [3.05, 3.63) is 16.5 Å². The maximum Gasteiger partial charge on any atom is 0.252 e. The molecule has 1 fully saturated rings. The Hall–Kier alpha value is -0.920. The highest BCUT2D eigenvalue weighted by Gasteiger charge is 2.25. The molecule has 0 bridgehead atoms. The van der Waals surface area contributed by atoms with Crippen LogP contribution >= 0.6 is 11.3 Å². The first-order valence-corrected chi connectivity index (χ1v) is 9.12. The van der Waals surface area contributed by atoms with Crippen LogP contribution < -0.4 is 10.5 Å². The largest absolute Gasteiger partial charge is 0.352 e. The molecule has 112 valence electrons. The number of rotatable bonds is 4. The maximum atomic E-state index is 12.1. The van der Waals surface area contributed by atoms with E-state index < -0.39 is 10.0 Å². The van der Waals surface area contributed by atoms with Crippen LogP contribution in [0.15, 0.2) is 9.59 Å². The van der Waals surface area contributed by atoms with Gasteiger partial charge in [-0.15, -0.1) is 11.3 Å². The van der Waals surface area contributed by atoms with Crippen LogP contribution in [0.25, 0.3) is 0 Å². The first kappa shape index (κ1) is 15.5. The van der Waals surface area contributed by atoms with Crippen LogP contribution in [-0.2, 0) is 10.0 Å². The molecule has 7 heteroatoms. The molecule has 2 atom stereocenters. The van der Waals surface area contributed by atoms with Gasteiger partial charge in [0.05, 0.1) is 5.56 Å². The molecule has 0 saturated heterocycles. The third-order valence-electron chi connectivity index (χ3n) is 4.06. The van der Waals surface area contributed by atoms with Gasteiger partial charge in [0.2, 0.25) is 10.0 Å². The molecule has 1 aliphatic rings. The fourth-order valence-electron chi connectivity index (χ4n) is 2.75. The van der Waals surface area contributed by atoms with Crippen LogP contribution in [0.4, 0.5) is 0 Å². The quantitative estimate of drug-likeness (QED) is 0.888. The molecule has 1 aromatic heterocycles. The van der Waals surface area contributed by atoms with Gasteiger partial charge in [-0.05, 0) is 30.7 Å². The minimum absolute atomic E-state index is 0.0666. The summed E-state index contributed by atoms with van der Waals surface area (Å²) >= 11 is 0.996. The van der Waals surface area contributed by atoms with Crippen LogP contribution in [0, 0.1) is 18.8 Å². The summed E-state index contributed by atoms with van der Waals surface area (Å²) in [5, 5.41) is 9.58. The molecule has 1 heterocycles. The van der Waals surface area contributed by atoms with E-state index in [9.17, 15) is 13.2 Å². The molecule has 2 rings (SSSR count). The molecule has 1 aliphatic carbocycles. The second kappa shape index (κ2) is 5.83. The number of carbonyl (C=O) groups excluding carboxylic acids is 1. The van der Waals surface area contributed by atoms with E-state index in [1.165, 1.54) is 12.8 Å². The summed E-state index contributed by atoms with van der Waals surface area (Å²) in [5.74, 6) is 0.946. The molecular formula is C13H20N2O3S2. The number of nitrogens with two attached hydrogens (primary N) is 1. The van der Waals surface area contributed by atoms with Gasteiger partial charge in [0.1, 0.15) is 4.21 Å². The Morgan fingerprint density at radius 3 is 2.70 bits per heavy atom. The average molecular weight is 316 g/mol. The van der Waals surface area contributed by atoms with E-state index >= 15 is 0 Å². The predicted octanol–water partition coefficient (Wildman–Crippen LogP) is 1.87. The zero-order valence-electron chi connectivity index (χ0n) is 11.7. The summed E-state index contributed by atoms with van der Waals surface area (Å²) in [6.45, 7) is 4.47. The third-order valence-corrected chi connectivity index (χ3v) is 6.74. The summed E-state index contributed by atoms with van der Waals surface area (Å²) in [5.41, 5.74) is 0.846. The van der Waals surface area contributed by atoms with Gasteiger partial charge in [0.15, 0.2) is 0 Å². The number of primary sulfonamides is 1. The number of carbonyl (C=O) groups is 1. The number of nitrogens with one attached hydrogen (secondary N) is 1. The first-order chi connectivity index (χ1) is 9.30. The van der Waals surface area contributed by atoms with E-state index in [1.54, 1.807) is 12.3 Å². The third kappa shape index (κ3) is 3.21. The van der Waals surface area contributed by atoms with Crippen LogP contribution in [0.5, 0.6) is 0 Å². The van der Waals surface area contributed by atoms with Gasteiger partial charge >= 0.3 is 0 Å². The molecular weight excluding hydrogens is 296 g/mol. The van der Waals surface area contributed by atoms with E-state index in [4.69, 9.17) is 5.14 Å². The Morgan fingerprint density at radius 2 is 2.20 bits per heavy atom. The molecule has 20 heavy (non-hydrogen) atoms. The zero-order chi connectivity index (χ0) is 14.9. The van der Waals surface area contributed by atoms with Gasteiger partial charge < -0.3 is 5.32 Å².